The van der Waals surface area contributed by atoms with Crippen LogP contribution >= 0.6 is 35.1 Å². The zero-order valence-corrected chi connectivity index (χ0v) is 19.3. The van der Waals surface area contributed by atoms with Gasteiger partial charge in [0.1, 0.15) is 22.5 Å². The molecule has 0 aliphatic carbocycles. The van der Waals surface area contributed by atoms with Crippen LogP contribution in [0.3, 0.4) is 0 Å². The minimum Gasteiger partial charge on any atom is -0.506 e. The molecule has 1 spiro atoms. The Bertz CT molecular complexity index is 1100. The fourth-order valence-electron chi connectivity index (χ4n) is 4.19. The quantitative estimate of drug-likeness (QED) is 0.706. The minimum absolute atomic E-state index is 0.138. The highest BCUT2D eigenvalue weighted by Gasteiger charge is 2.66. The van der Waals surface area contributed by atoms with Crippen molar-refractivity contribution < 1.29 is 24.2 Å². The van der Waals surface area contributed by atoms with Gasteiger partial charge in [0, 0.05) is 25.7 Å². The molecule has 3 saturated heterocycles. The van der Waals surface area contributed by atoms with E-state index in [4.69, 9.17) is 21.1 Å². The molecule has 6 rings (SSSR count). The summed E-state index contributed by atoms with van der Waals surface area (Å²) < 4.78 is 11.3. The second-order valence-corrected chi connectivity index (χ2v) is 10.7. The summed E-state index contributed by atoms with van der Waals surface area (Å²) in [6.45, 7) is 0. The van der Waals surface area contributed by atoms with Crippen LogP contribution in [0, 0.1) is 0 Å². The number of nitrogens with zero attached hydrogens (tertiary/aromatic N) is 2. The van der Waals surface area contributed by atoms with Crippen LogP contribution in [-0.4, -0.2) is 59.0 Å². The first-order valence-corrected chi connectivity index (χ1v) is 11.8. The van der Waals surface area contributed by atoms with Gasteiger partial charge in [0.15, 0.2) is 5.37 Å². The molecular weight excluding hydrogens is 460 g/mol. The summed E-state index contributed by atoms with van der Waals surface area (Å²) in [6, 6.07) is 10.7. The van der Waals surface area contributed by atoms with Gasteiger partial charge in [-0.25, -0.2) is 0 Å². The molecule has 0 saturated carbocycles. The molecule has 2 aromatic carbocycles. The number of aromatic hydroxyl groups is 1. The minimum atomic E-state index is -1.54. The highest BCUT2D eigenvalue weighted by atomic mass is 35.5. The molecule has 0 aromatic heterocycles. The van der Waals surface area contributed by atoms with E-state index in [-0.39, 0.29) is 27.2 Å². The monoisotopic (exact) mass is 478 g/mol. The van der Waals surface area contributed by atoms with Gasteiger partial charge in [-0.1, -0.05) is 23.7 Å². The van der Waals surface area contributed by atoms with Gasteiger partial charge in [0.25, 0.3) is 17.5 Å². The van der Waals surface area contributed by atoms with Crippen LogP contribution in [0.2, 0.25) is 5.02 Å². The third kappa shape index (κ3) is 2.83. The number of fused-ring (bicyclic) bond motifs is 5. The Balaban J connectivity index is 1.68. The predicted molar refractivity (Wildman–Crippen MR) is 119 cm³/mol. The third-order valence-electron chi connectivity index (χ3n) is 5.90. The molecule has 4 heterocycles. The van der Waals surface area contributed by atoms with E-state index in [1.165, 1.54) is 27.6 Å². The molecule has 2 bridgehead atoms. The number of thioether (sulfide) groups is 2. The fraction of sp³-hybridized carbons (Fsp3) is 0.333. The van der Waals surface area contributed by atoms with Crippen molar-refractivity contribution in [1.29, 1.82) is 0 Å². The van der Waals surface area contributed by atoms with Gasteiger partial charge in [-0.2, -0.15) is 0 Å². The number of amides is 2. The lowest BCUT2D eigenvalue weighted by Crippen LogP contribution is -2.72. The van der Waals surface area contributed by atoms with Crippen molar-refractivity contribution in [2.45, 2.75) is 20.9 Å². The number of carbonyl (C=O) groups is 2. The van der Waals surface area contributed by atoms with Gasteiger partial charge in [0.2, 0.25) is 0 Å². The van der Waals surface area contributed by atoms with E-state index < -0.39 is 16.3 Å². The van der Waals surface area contributed by atoms with E-state index in [9.17, 15) is 14.7 Å². The van der Waals surface area contributed by atoms with Crippen molar-refractivity contribution in [2.75, 3.05) is 21.2 Å². The molecule has 0 unspecified atom stereocenters. The number of ether oxygens (including phenoxy) is 2. The van der Waals surface area contributed by atoms with E-state index >= 15 is 0 Å². The van der Waals surface area contributed by atoms with Crippen molar-refractivity contribution >= 4 is 46.9 Å². The van der Waals surface area contributed by atoms with Crippen molar-refractivity contribution in [1.82, 2.24) is 9.80 Å². The van der Waals surface area contributed by atoms with Crippen LogP contribution < -0.4 is 9.47 Å². The van der Waals surface area contributed by atoms with Crippen LogP contribution in [0.25, 0.3) is 0 Å². The summed E-state index contributed by atoms with van der Waals surface area (Å²) in [7, 11) is 4.83. The van der Waals surface area contributed by atoms with Crippen LogP contribution in [0.4, 0.5) is 0 Å². The average molecular weight is 479 g/mol. The number of phenols is 1. The number of carbonyl (C=O) groups excluding carboxylic acids is 2. The molecule has 10 heteroatoms. The van der Waals surface area contributed by atoms with E-state index in [0.29, 0.717) is 11.3 Å². The Hall–Kier alpha value is -2.23. The van der Waals surface area contributed by atoms with Crippen LogP contribution in [0.5, 0.6) is 17.2 Å². The van der Waals surface area contributed by atoms with E-state index in [0.717, 1.165) is 11.3 Å². The number of hydrogen-bond acceptors (Lipinski definition) is 7. The highest BCUT2D eigenvalue weighted by molar-refractivity contribution is 8.17. The first-order chi connectivity index (χ1) is 14.8. The number of rotatable bonds is 2. The molecule has 3 fully saturated rings. The highest BCUT2D eigenvalue weighted by Crippen LogP contribution is 2.63. The maximum atomic E-state index is 13.6. The summed E-state index contributed by atoms with van der Waals surface area (Å²) >= 11 is 9.16. The van der Waals surface area contributed by atoms with Crippen LogP contribution in [0.1, 0.15) is 21.0 Å². The lowest BCUT2D eigenvalue weighted by Gasteiger charge is -2.51. The molecule has 7 nitrogen and oxygen atoms in total. The van der Waals surface area contributed by atoms with E-state index in [1.54, 1.807) is 39.0 Å². The Morgan fingerprint density at radius 1 is 1.16 bits per heavy atom. The van der Waals surface area contributed by atoms with Crippen LogP contribution in [-0.2, 0) is 9.59 Å². The summed E-state index contributed by atoms with van der Waals surface area (Å²) in [6.07, 6.45) is 0. The number of likely N-dealkylation sites (N-methyl/N-ethyl adjacent to an activating group) is 2. The summed E-state index contributed by atoms with van der Waals surface area (Å²) in [5.41, 5.74) is 0.125. The molecule has 0 radical (unpaired) electrons. The molecule has 162 valence electrons. The topological polar surface area (TPSA) is 79.3 Å². The lowest BCUT2D eigenvalue weighted by molar-refractivity contribution is -0.182. The van der Waals surface area contributed by atoms with Gasteiger partial charge in [-0.05, 0) is 23.8 Å². The molecule has 2 amide bonds. The number of phenolic OH excluding ortho intramolecular Hbond substituents is 1. The summed E-state index contributed by atoms with van der Waals surface area (Å²) in [5, 5.41) is 9.06. The standard InChI is InChI=1S/C21H19ClN2O5S2/c1-23-18-17(26)24(2)21(20(23)27)16(12-8-13(22)14(25)9-15(12)29-21)30-19(31-18)10-4-6-11(28-3)7-5-10/h4-9,16,18-19,25H,1-3H3/t16-,18-,19-,21+/m0/s1. The Morgan fingerprint density at radius 3 is 2.55 bits per heavy atom. The maximum absolute atomic E-state index is 13.6. The number of methoxy groups -OCH3 is 1. The zero-order valence-electron chi connectivity index (χ0n) is 16.9. The van der Waals surface area contributed by atoms with E-state index in [2.05, 4.69) is 0 Å². The number of halogens is 1. The molecule has 2 aromatic rings. The first kappa shape index (κ1) is 20.7. The molecule has 4 aliphatic rings. The van der Waals surface area contributed by atoms with Crippen molar-refractivity contribution in [3.63, 3.8) is 0 Å². The second-order valence-electron chi connectivity index (χ2n) is 7.56. The molecular formula is C21H19ClN2O5S2. The number of benzene rings is 2. The Kier molecular flexibility index (Phi) is 4.76. The second kappa shape index (κ2) is 7.15. The SMILES string of the molecule is COc1ccc([C@@H]2S[C@H]3C(=O)N(C)[C@]4(Oc5cc(O)c(Cl)cc5[C@@H]4S2)C(=O)N3C)cc1. The number of piperazine rings is 1. The van der Waals surface area contributed by atoms with Crippen molar-refractivity contribution in [3.05, 3.63) is 52.5 Å². The molecule has 4 aliphatic heterocycles. The summed E-state index contributed by atoms with van der Waals surface area (Å²) in [5.74, 6) is 0.436. The lowest BCUT2D eigenvalue weighted by atomic mass is 9.99. The molecule has 1 N–H and O–H groups in total. The number of hydrogen-bond donors (Lipinski definition) is 1. The van der Waals surface area contributed by atoms with Gasteiger partial charge in [0.05, 0.1) is 16.7 Å². The normalized spacial score (nSPS) is 29.2. The van der Waals surface area contributed by atoms with Gasteiger partial charge >= 0.3 is 0 Å². The summed E-state index contributed by atoms with van der Waals surface area (Å²) in [4.78, 5) is 29.8. The largest absolute Gasteiger partial charge is 0.506 e. The Labute approximate surface area is 192 Å². The zero-order chi connectivity index (χ0) is 22.1. The van der Waals surface area contributed by atoms with Gasteiger partial charge < -0.3 is 19.5 Å². The average Bonchev–Trinajstić information content (AvgIpc) is 3.06. The predicted octanol–water partition coefficient (Wildman–Crippen LogP) is 3.62. The van der Waals surface area contributed by atoms with Gasteiger partial charge in [-0.3, -0.25) is 14.5 Å². The smallest absolute Gasteiger partial charge is 0.291 e. The molecule has 31 heavy (non-hydrogen) atoms. The first-order valence-electron chi connectivity index (χ1n) is 9.49. The van der Waals surface area contributed by atoms with Gasteiger partial charge in [-0.15, -0.1) is 23.5 Å². The van der Waals surface area contributed by atoms with Crippen LogP contribution in [0.15, 0.2) is 36.4 Å². The Morgan fingerprint density at radius 2 is 1.87 bits per heavy atom. The third-order valence-corrected chi connectivity index (χ3v) is 9.53. The van der Waals surface area contributed by atoms with E-state index in [1.807, 2.05) is 24.3 Å². The van der Waals surface area contributed by atoms with Crippen molar-refractivity contribution in [3.8, 4) is 17.2 Å². The van der Waals surface area contributed by atoms with Crippen molar-refractivity contribution in [2.24, 2.45) is 0 Å². The molecule has 4 atom stereocenters. The maximum Gasteiger partial charge on any atom is 0.291 e. The fourth-order valence-corrected chi connectivity index (χ4v) is 7.75.